The Labute approximate surface area is 82.7 Å². The molecule has 0 aliphatic rings. The van der Waals surface area contributed by atoms with Gasteiger partial charge in [0.25, 0.3) is 0 Å². The van der Waals surface area contributed by atoms with Crippen molar-refractivity contribution in [3.63, 3.8) is 0 Å². The van der Waals surface area contributed by atoms with Crippen LogP contribution in [-0.2, 0) is 0 Å². The SMILES string of the molecule is CC(N)(CO)Nc1ccc(C=O)cc1. The number of aliphatic hydroxyl groups is 1. The van der Waals surface area contributed by atoms with E-state index in [0.29, 0.717) is 5.56 Å². The van der Waals surface area contributed by atoms with Gasteiger partial charge in [-0.1, -0.05) is 0 Å². The van der Waals surface area contributed by atoms with E-state index in [4.69, 9.17) is 10.8 Å². The van der Waals surface area contributed by atoms with Gasteiger partial charge < -0.3 is 16.2 Å². The Kier molecular flexibility index (Phi) is 3.22. The van der Waals surface area contributed by atoms with Gasteiger partial charge in [0.15, 0.2) is 0 Å². The van der Waals surface area contributed by atoms with Crippen LogP contribution in [0.4, 0.5) is 5.69 Å². The number of aldehydes is 1. The molecule has 0 saturated carbocycles. The van der Waals surface area contributed by atoms with Crippen molar-refractivity contribution in [1.82, 2.24) is 0 Å². The minimum absolute atomic E-state index is 0.164. The quantitative estimate of drug-likeness (QED) is 0.484. The summed E-state index contributed by atoms with van der Waals surface area (Å²) >= 11 is 0. The molecule has 1 aromatic rings. The first kappa shape index (κ1) is 10.7. The van der Waals surface area contributed by atoms with Crippen LogP contribution in [0, 0.1) is 0 Å². The number of hydrogen-bond acceptors (Lipinski definition) is 4. The molecule has 0 fully saturated rings. The van der Waals surface area contributed by atoms with Crippen LogP contribution < -0.4 is 11.1 Å². The van der Waals surface area contributed by atoms with Gasteiger partial charge in [0.1, 0.15) is 11.9 Å². The van der Waals surface area contributed by atoms with Crippen molar-refractivity contribution in [1.29, 1.82) is 0 Å². The van der Waals surface area contributed by atoms with Crippen LogP contribution in [0.15, 0.2) is 24.3 Å². The Bertz CT molecular complexity index is 306. The largest absolute Gasteiger partial charge is 0.393 e. The zero-order valence-electron chi connectivity index (χ0n) is 8.03. The lowest BCUT2D eigenvalue weighted by atomic mass is 10.2. The number of aliphatic hydroxyl groups excluding tert-OH is 1. The summed E-state index contributed by atoms with van der Waals surface area (Å²) in [7, 11) is 0. The van der Waals surface area contributed by atoms with Crippen LogP contribution in [-0.4, -0.2) is 23.7 Å². The molecule has 4 nitrogen and oxygen atoms in total. The first-order valence-electron chi connectivity index (χ1n) is 4.30. The third kappa shape index (κ3) is 2.83. The Morgan fingerprint density at radius 1 is 1.50 bits per heavy atom. The number of nitrogens with one attached hydrogen (secondary N) is 1. The molecule has 4 heteroatoms. The Balaban J connectivity index is 2.73. The van der Waals surface area contributed by atoms with E-state index >= 15 is 0 Å². The molecule has 0 radical (unpaired) electrons. The molecule has 1 atom stereocenters. The Morgan fingerprint density at radius 2 is 2.07 bits per heavy atom. The van der Waals surface area contributed by atoms with Gasteiger partial charge in [-0.2, -0.15) is 0 Å². The predicted molar refractivity (Wildman–Crippen MR) is 55.1 cm³/mol. The zero-order valence-corrected chi connectivity index (χ0v) is 8.03. The van der Waals surface area contributed by atoms with Crippen molar-refractivity contribution in [3.05, 3.63) is 29.8 Å². The maximum absolute atomic E-state index is 10.4. The molecular formula is C10H14N2O2. The highest BCUT2D eigenvalue weighted by molar-refractivity contribution is 5.75. The maximum Gasteiger partial charge on any atom is 0.150 e. The maximum atomic E-state index is 10.4. The first-order chi connectivity index (χ1) is 6.57. The van der Waals surface area contributed by atoms with Crippen molar-refractivity contribution in [2.24, 2.45) is 5.73 Å². The third-order valence-electron chi connectivity index (χ3n) is 1.81. The molecule has 76 valence electrons. The molecule has 4 N–H and O–H groups in total. The van der Waals surface area contributed by atoms with Crippen molar-refractivity contribution in [3.8, 4) is 0 Å². The molecule has 0 spiro atoms. The first-order valence-corrected chi connectivity index (χ1v) is 4.30. The molecule has 0 amide bonds. The van der Waals surface area contributed by atoms with E-state index in [1.54, 1.807) is 31.2 Å². The van der Waals surface area contributed by atoms with E-state index in [0.717, 1.165) is 12.0 Å². The van der Waals surface area contributed by atoms with Gasteiger partial charge in [-0.25, -0.2) is 0 Å². The van der Waals surface area contributed by atoms with Crippen molar-refractivity contribution < 1.29 is 9.90 Å². The van der Waals surface area contributed by atoms with Crippen molar-refractivity contribution in [2.75, 3.05) is 11.9 Å². The molecule has 14 heavy (non-hydrogen) atoms. The summed E-state index contributed by atoms with van der Waals surface area (Å²) in [6, 6.07) is 6.85. The van der Waals surface area contributed by atoms with Gasteiger partial charge in [-0.05, 0) is 31.2 Å². The van der Waals surface area contributed by atoms with Crippen LogP contribution >= 0.6 is 0 Å². The molecule has 0 saturated heterocycles. The Morgan fingerprint density at radius 3 is 2.50 bits per heavy atom. The van der Waals surface area contributed by atoms with Gasteiger partial charge in [0.05, 0.1) is 6.61 Å². The van der Waals surface area contributed by atoms with Crippen LogP contribution in [0.1, 0.15) is 17.3 Å². The van der Waals surface area contributed by atoms with E-state index in [1.807, 2.05) is 0 Å². The zero-order chi connectivity index (χ0) is 10.6. The lowest BCUT2D eigenvalue weighted by molar-refractivity contribution is 0.112. The molecule has 0 aliphatic heterocycles. The van der Waals surface area contributed by atoms with E-state index in [-0.39, 0.29) is 6.61 Å². The van der Waals surface area contributed by atoms with Crippen LogP contribution in [0.3, 0.4) is 0 Å². The average Bonchev–Trinajstić information content (AvgIpc) is 2.19. The Hall–Kier alpha value is -1.39. The van der Waals surface area contributed by atoms with E-state index in [9.17, 15) is 4.79 Å². The molecule has 1 unspecified atom stereocenters. The minimum atomic E-state index is -0.845. The number of rotatable bonds is 4. The second-order valence-corrected chi connectivity index (χ2v) is 3.44. The van der Waals surface area contributed by atoms with Gasteiger partial charge in [0.2, 0.25) is 0 Å². The summed E-state index contributed by atoms with van der Waals surface area (Å²) in [4.78, 5) is 10.4. The second kappa shape index (κ2) is 4.21. The summed E-state index contributed by atoms with van der Waals surface area (Å²) in [5.41, 5.74) is 6.23. The number of carbonyl (C=O) groups excluding carboxylic acids is 1. The monoisotopic (exact) mass is 194 g/mol. The molecule has 0 aromatic heterocycles. The average molecular weight is 194 g/mol. The van der Waals surface area contributed by atoms with Crippen LogP contribution in [0.5, 0.6) is 0 Å². The summed E-state index contributed by atoms with van der Waals surface area (Å²) < 4.78 is 0. The van der Waals surface area contributed by atoms with E-state index in [1.165, 1.54) is 0 Å². The summed E-state index contributed by atoms with van der Waals surface area (Å²) in [5.74, 6) is 0. The standard InChI is InChI=1S/C10H14N2O2/c1-10(11,7-14)12-9-4-2-8(6-13)3-5-9/h2-6,12,14H,7,11H2,1H3. The fraction of sp³-hybridized carbons (Fsp3) is 0.300. The predicted octanol–water partition coefficient (Wildman–Crippen LogP) is 0.578. The lowest BCUT2D eigenvalue weighted by Crippen LogP contribution is -2.47. The second-order valence-electron chi connectivity index (χ2n) is 3.44. The van der Waals surface area contributed by atoms with Crippen LogP contribution in [0.2, 0.25) is 0 Å². The minimum Gasteiger partial charge on any atom is -0.393 e. The summed E-state index contributed by atoms with van der Waals surface area (Å²) in [6.45, 7) is 1.52. The number of anilines is 1. The van der Waals surface area contributed by atoms with E-state index < -0.39 is 5.66 Å². The highest BCUT2D eigenvalue weighted by Gasteiger charge is 2.15. The molecule has 1 rings (SSSR count). The van der Waals surface area contributed by atoms with Gasteiger partial charge in [-0.15, -0.1) is 0 Å². The van der Waals surface area contributed by atoms with E-state index in [2.05, 4.69) is 5.32 Å². The van der Waals surface area contributed by atoms with Crippen LogP contribution in [0.25, 0.3) is 0 Å². The molecule has 0 bridgehead atoms. The van der Waals surface area contributed by atoms with Crippen molar-refractivity contribution >= 4 is 12.0 Å². The molecule has 1 aromatic carbocycles. The van der Waals surface area contributed by atoms with Gasteiger partial charge >= 0.3 is 0 Å². The smallest absolute Gasteiger partial charge is 0.150 e. The molecule has 0 heterocycles. The third-order valence-corrected chi connectivity index (χ3v) is 1.81. The fourth-order valence-corrected chi connectivity index (χ4v) is 1.01. The fourth-order valence-electron chi connectivity index (χ4n) is 1.01. The highest BCUT2D eigenvalue weighted by atomic mass is 16.3. The number of hydrogen-bond donors (Lipinski definition) is 3. The number of carbonyl (C=O) groups is 1. The number of nitrogens with two attached hydrogens (primary N) is 1. The highest BCUT2D eigenvalue weighted by Crippen LogP contribution is 2.11. The van der Waals surface area contributed by atoms with Gasteiger partial charge in [-0.3, -0.25) is 4.79 Å². The summed E-state index contributed by atoms with van der Waals surface area (Å²) in [6.07, 6.45) is 0.775. The van der Waals surface area contributed by atoms with Crippen molar-refractivity contribution in [2.45, 2.75) is 12.6 Å². The lowest BCUT2D eigenvalue weighted by Gasteiger charge is -2.24. The molecule has 0 aliphatic carbocycles. The topological polar surface area (TPSA) is 75.3 Å². The molecular weight excluding hydrogens is 180 g/mol. The summed E-state index contributed by atoms with van der Waals surface area (Å²) in [5, 5.41) is 11.8. The van der Waals surface area contributed by atoms with Gasteiger partial charge in [0, 0.05) is 11.3 Å². The normalized spacial score (nSPS) is 14.5. The number of benzene rings is 1.